The molecule has 0 aromatic carbocycles. The van der Waals surface area contributed by atoms with Crippen LogP contribution in [-0.4, -0.2) is 10.6 Å². The zero-order valence-corrected chi connectivity index (χ0v) is 11.1. The molecule has 0 saturated heterocycles. The van der Waals surface area contributed by atoms with Crippen molar-refractivity contribution in [1.29, 1.82) is 0 Å². The van der Waals surface area contributed by atoms with Crippen molar-refractivity contribution in [1.82, 2.24) is 4.98 Å². The molecule has 0 radical (unpaired) electrons. The Morgan fingerprint density at radius 2 is 1.79 bits per heavy atom. The van der Waals surface area contributed by atoms with Gasteiger partial charge in [-0.25, -0.2) is 0 Å². The molecule has 4 aliphatic carbocycles. The van der Waals surface area contributed by atoms with E-state index in [0.717, 1.165) is 35.0 Å². The highest BCUT2D eigenvalue weighted by molar-refractivity contribution is 5.60. The van der Waals surface area contributed by atoms with E-state index in [4.69, 9.17) is 4.74 Å². The second-order valence-electron chi connectivity index (χ2n) is 7.01. The van der Waals surface area contributed by atoms with Crippen LogP contribution in [-0.2, 0) is 0 Å². The van der Waals surface area contributed by atoms with Crippen LogP contribution in [0.1, 0.15) is 37.7 Å². The number of fused-ring (bicyclic) bond motifs is 1. The van der Waals surface area contributed by atoms with Gasteiger partial charge in [0.25, 0.3) is 0 Å². The molecule has 98 valence electrons. The highest BCUT2D eigenvalue weighted by Gasteiger charge is 2.58. The van der Waals surface area contributed by atoms with Gasteiger partial charge in [-0.2, -0.15) is 0 Å². The first-order chi connectivity index (χ1) is 9.33. The summed E-state index contributed by atoms with van der Waals surface area (Å²) in [6, 6.07) is 2.03. The average molecular weight is 253 g/mol. The summed E-state index contributed by atoms with van der Waals surface area (Å²) in [7, 11) is 0. The first-order valence-corrected chi connectivity index (χ1v) is 7.66. The van der Waals surface area contributed by atoms with E-state index in [9.17, 15) is 0 Å². The molecular weight excluding hydrogens is 234 g/mol. The summed E-state index contributed by atoms with van der Waals surface area (Å²) < 4.78 is 6.57. The summed E-state index contributed by atoms with van der Waals surface area (Å²) in [5.74, 6) is 4.53. The van der Waals surface area contributed by atoms with Crippen molar-refractivity contribution < 1.29 is 4.74 Å². The molecule has 1 aliphatic heterocycles. The lowest BCUT2D eigenvalue weighted by atomic mass is 9.49. The zero-order valence-electron chi connectivity index (χ0n) is 11.1. The first-order valence-electron chi connectivity index (χ1n) is 7.66. The lowest BCUT2D eigenvalue weighted by Gasteiger charge is -2.60. The zero-order chi connectivity index (χ0) is 12.4. The van der Waals surface area contributed by atoms with E-state index in [-0.39, 0.29) is 5.60 Å². The monoisotopic (exact) mass is 253 g/mol. The lowest BCUT2D eigenvalue weighted by molar-refractivity contribution is -0.128. The molecule has 1 aromatic rings. The molecule has 4 saturated carbocycles. The van der Waals surface area contributed by atoms with Crippen molar-refractivity contribution in [2.24, 2.45) is 23.7 Å². The minimum absolute atomic E-state index is 0.0156. The largest absolute Gasteiger partial charge is 0.482 e. The van der Waals surface area contributed by atoms with Crippen molar-refractivity contribution >= 4 is 6.08 Å². The van der Waals surface area contributed by atoms with Gasteiger partial charge in [-0.3, -0.25) is 4.98 Å². The molecule has 4 fully saturated rings. The molecule has 5 aliphatic rings. The van der Waals surface area contributed by atoms with Gasteiger partial charge in [0.15, 0.2) is 0 Å². The second kappa shape index (κ2) is 3.41. The summed E-state index contributed by atoms with van der Waals surface area (Å²) in [5.41, 5.74) is 1.16. The van der Waals surface area contributed by atoms with E-state index in [0.29, 0.717) is 0 Å². The van der Waals surface area contributed by atoms with Gasteiger partial charge in [-0.15, -0.1) is 0 Å². The van der Waals surface area contributed by atoms with Crippen LogP contribution in [0.2, 0.25) is 0 Å². The number of ether oxygens (including phenoxy) is 1. The molecule has 2 nitrogen and oxygen atoms in total. The molecule has 0 amide bonds. The molecule has 1 aromatic heterocycles. The van der Waals surface area contributed by atoms with E-state index in [2.05, 4.69) is 17.1 Å². The van der Waals surface area contributed by atoms with Crippen LogP contribution in [0, 0.1) is 23.7 Å². The highest BCUT2D eigenvalue weighted by atomic mass is 16.5. The molecule has 2 heteroatoms. The van der Waals surface area contributed by atoms with E-state index in [1.807, 2.05) is 18.5 Å². The Hall–Kier alpha value is -1.31. The van der Waals surface area contributed by atoms with Crippen LogP contribution in [0.3, 0.4) is 0 Å². The van der Waals surface area contributed by atoms with Crippen LogP contribution in [0.25, 0.3) is 6.08 Å². The predicted octanol–water partition coefficient (Wildman–Crippen LogP) is 3.68. The molecule has 4 bridgehead atoms. The van der Waals surface area contributed by atoms with Crippen molar-refractivity contribution in [3.05, 3.63) is 30.1 Å². The van der Waals surface area contributed by atoms with Crippen LogP contribution in [0.5, 0.6) is 5.75 Å². The summed E-state index contributed by atoms with van der Waals surface area (Å²) >= 11 is 0. The Labute approximate surface area is 113 Å². The molecule has 19 heavy (non-hydrogen) atoms. The fraction of sp³-hybridized carbons (Fsp3) is 0.588. The maximum atomic E-state index is 6.57. The number of nitrogens with zero attached hydrogens (tertiary/aromatic N) is 1. The highest BCUT2D eigenvalue weighted by Crippen LogP contribution is 2.60. The minimum Gasteiger partial charge on any atom is -0.482 e. The summed E-state index contributed by atoms with van der Waals surface area (Å²) in [5, 5.41) is 0. The average Bonchev–Trinajstić information content (AvgIpc) is 2.44. The minimum atomic E-state index is 0.0156. The van der Waals surface area contributed by atoms with Gasteiger partial charge in [-0.05, 0) is 62.2 Å². The maximum Gasteiger partial charge on any atom is 0.133 e. The van der Waals surface area contributed by atoms with E-state index < -0.39 is 0 Å². The topological polar surface area (TPSA) is 22.1 Å². The Bertz CT molecular complexity index is 534. The van der Waals surface area contributed by atoms with Gasteiger partial charge in [0.05, 0.1) is 0 Å². The predicted molar refractivity (Wildman–Crippen MR) is 73.7 cm³/mol. The number of pyridine rings is 1. The third-order valence-corrected chi connectivity index (χ3v) is 6.03. The molecule has 1 spiro atoms. The second-order valence-corrected chi connectivity index (χ2v) is 7.01. The Morgan fingerprint density at radius 1 is 1.05 bits per heavy atom. The molecular formula is C17H19NO. The van der Waals surface area contributed by atoms with Gasteiger partial charge >= 0.3 is 0 Å². The number of rotatable bonds is 0. The number of hydrogen-bond acceptors (Lipinski definition) is 2. The fourth-order valence-electron chi connectivity index (χ4n) is 5.42. The maximum absolute atomic E-state index is 6.57. The Kier molecular flexibility index (Phi) is 1.88. The summed E-state index contributed by atoms with van der Waals surface area (Å²) in [4.78, 5) is 4.19. The lowest BCUT2D eigenvalue weighted by Crippen LogP contribution is -2.60. The third kappa shape index (κ3) is 1.30. The van der Waals surface area contributed by atoms with E-state index in [1.54, 1.807) is 0 Å². The normalized spacial score (nSPS) is 45.3. The van der Waals surface area contributed by atoms with Crippen LogP contribution in [0.15, 0.2) is 24.5 Å². The van der Waals surface area contributed by atoms with Gasteiger partial charge in [0, 0.05) is 29.8 Å². The molecule has 6 rings (SSSR count). The molecule has 0 unspecified atom stereocenters. The standard InChI is InChI=1S/C17H19NO/c1-3-17(19-16-2-4-18-10-13(1)16)14-6-11-5-12(8-14)9-15(17)7-11/h1-4,10-12,14-15H,5-9H2. The molecule has 0 N–H and O–H groups in total. The van der Waals surface area contributed by atoms with Gasteiger partial charge in [0.2, 0.25) is 0 Å². The molecule has 0 atom stereocenters. The van der Waals surface area contributed by atoms with Gasteiger partial charge in [-0.1, -0.05) is 0 Å². The van der Waals surface area contributed by atoms with Crippen molar-refractivity contribution in [3.8, 4) is 5.75 Å². The summed E-state index contributed by atoms with van der Waals surface area (Å²) in [6.45, 7) is 0. The van der Waals surface area contributed by atoms with Crippen LogP contribution >= 0.6 is 0 Å². The van der Waals surface area contributed by atoms with Crippen molar-refractivity contribution in [2.75, 3.05) is 0 Å². The van der Waals surface area contributed by atoms with Crippen molar-refractivity contribution in [3.63, 3.8) is 0 Å². The summed E-state index contributed by atoms with van der Waals surface area (Å²) in [6.07, 6.45) is 15.4. The smallest absolute Gasteiger partial charge is 0.133 e. The van der Waals surface area contributed by atoms with Gasteiger partial charge in [0.1, 0.15) is 11.4 Å². The third-order valence-electron chi connectivity index (χ3n) is 6.03. The molecule has 2 heterocycles. The Morgan fingerprint density at radius 3 is 2.53 bits per heavy atom. The first kappa shape index (κ1) is 10.5. The van der Waals surface area contributed by atoms with Crippen LogP contribution < -0.4 is 4.74 Å². The van der Waals surface area contributed by atoms with E-state index >= 15 is 0 Å². The van der Waals surface area contributed by atoms with Gasteiger partial charge < -0.3 is 4.74 Å². The fourth-order valence-corrected chi connectivity index (χ4v) is 5.42. The quantitative estimate of drug-likeness (QED) is 0.703. The number of hydrogen-bond donors (Lipinski definition) is 0. The van der Waals surface area contributed by atoms with Crippen LogP contribution in [0.4, 0.5) is 0 Å². The van der Waals surface area contributed by atoms with E-state index in [1.165, 1.54) is 32.1 Å². The van der Waals surface area contributed by atoms with Crippen molar-refractivity contribution in [2.45, 2.75) is 37.7 Å². The SMILES string of the molecule is C1=CC2(Oc3ccncc31)C1CC3CC(C1)CC2C3. The number of aromatic nitrogens is 1. The Balaban J connectivity index is 1.60.